The molecule has 2 aromatic heterocycles. The summed E-state index contributed by atoms with van der Waals surface area (Å²) in [6.45, 7) is 0.304. The maximum Gasteiger partial charge on any atom is 0.286 e. The molecule has 7 heteroatoms. The van der Waals surface area contributed by atoms with Gasteiger partial charge in [-0.25, -0.2) is 4.39 Å². The van der Waals surface area contributed by atoms with Gasteiger partial charge in [-0.2, -0.15) is 0 Å². The molecule has 2 heterocycles. The van der Waals surface area contributed by atoms with Gasteiger partial charge in [0.25, 0.3) is 11.8 Å². The number of hydrogen-bond acceptors (Lipinski definition) is 5. The van der Waals surface area contributed by atoms with Gasteiger partial charge >= 0.3 is 0 Å². The van der Waals surface area contributed by atoms with Gasteiger partial charge < -0.3 is 14.2 Å². The van der Waals surface area contributed by atoms with E-state index in [0.717, 1.165) is 0 Å². The highest BCUT2D eigenvalue weighted by Crippen LogP contribution is 2.20. The molecule has 0 unspecified atom stereocenters. The summed E-state index contributed by atoms with van der Waals surface area (Å²) in [5.74, 6) is -0.0799. The Kier molecular flexibility index (Phi) is 3.95. The number of nitrogens with one attached hydrogen (secondary N) is 1. The van der Waals surface area contributed by atoms with Crippen molar-refractivity contribution in [2.45, 2.75) is 6.42 Å². The predicted molar refractivity (Wildman–Crippen MR) is 74.4 cm³/mol. The van der Waals surface area contributed by atoms with Crippen LogP contribution in [-0.4, -0.2) is 22.6 Å². The summed E-state index contributed by atoms with van der Waals surface area (Å²) in [4.78, 5) is 11.6. The second kappa shape index (κ2) is 6.21. The third-order valence-electron chi connectivity index (χ3n) is 2.94. The Labute approximate surface area is 125 Å². The fourth-order valence-electron chi connectivity index (χ4n) is 1.88. The molecule has 22 heavy (non-hydrogen) atoms. The molecule has 1 aromatic carbocycles. The lowest BCUT2D eigenvalue weighted by atomic mass is 10.2. The Bertz CT molecular complexity index is 768. The molecule has 3 rings (SSSR count). The van der Waals surface area contributed by atoms with Crippen molar-refractivity contribution in [2.24, 2.45) is 0 Å². The highest BCUT2D eigenvalue weighted by molar-refractivity contribution is 5.91. The molecule has 0 fully saturated rings. The Balaban J connectivity index is 1.58. The van der Waals surface area contributed by atoms with Crippen LogP contribution in [-0.2, 0) is 6.42 Å². The van der Waals surface area contributed by atoms with Gasteiger partial charge in [0.05, 0.1) is 11.8 Å². The normalized spacial score (nSPS) is 10.6. The Morgan fingerprint density at radius 3 is 2.82 bits per heavy atom. The average molecular weight is 301 g/mol. The predicted octanol–water partition coefficient (Wildman–Crippen LogP) is 2.44. The van der Waals surface area contributed by atoms with E-state index in [9.17, 15) is 9.18 Å². The van der Waals surface area contributed by atoms with Crippen LogP contribution >= 0.6 is 0 Å². The van der Waals surface area contributed by atoms with Crippen LogP contribution in [0.5, 0.6) is 0 Å². The van der Waals surface area contributed by atoms with Gasteiger partial charge in [0, 0.05) is 13.0 Å². The first-order valence-electron chi connectivity index (χ1n) is 6.63. The minimum atomic E-state index is -0.427. The number of rotatable bonds is 5. The number of carbonyl (C=O) groups is 1. The van der Waals surface area contributed by atoms with E-state index in [1.54, 1.807) is 30.3 Å². The van der Waals surface area contributed by atoms with Crippen LogP contribution in [0.4, 0.5) is 4.39 Å². The number of aromatic nitrogens is 2. The van der Waals surface area contributed by atoms with Crippen molar-refractivity contribution in [3.8, 4) is 11.5 Å². The lowest BCUT2D eigenvalue weighted by molar-refractivity contribution is 0.0926. The van der Waals surface area contributed by atoms with Crippen molar-refractivity contribution >= 4 is 5.91 Å². The third-order valence-corrected chi connectivity index (χ3v) is 2.94. The molecule has 1 N–H and O–H groups in total. The van der Waals surface area contributed by atoms with Crippen LogP contribution in [0.1, 0.15) is 16.4 Å². The van der Waals surface area contributed by atoms with Gasteiger partial charge in [0.1, 0.15) is 5.82 Å². The van der Waals surface area contributed by atoms with Gasteiger partial charge in [0.2, 0.25) is 5.89 Å². The van der Waals surface area contributed by atoms with Crippen LogP contribution in [0.2, 0.25) is 0 Å². The van der Waals surface area contributed by atoms with Crippen molar-refractivity contribution in [1.29, 1.82) is 0 Å². The number of furan rings is 1. The lowest BCUT2D eigenvalue weighted by Crippen LogP contribution is -2.25. The highest BCUT2D eigenvalue weighted by Gasteiger charge is 2.13. The second-order valence-corrected chi connectivity index (χ2v) is 4.46. The maximum atomic E-state index is 13.6. The molecule has 0 saturated heterocycles. The van der Waals surface area contributed by atoms with E-state index in [2.05, 4.69) is 15.5 Å². The Hall–Kier alpha value is -2.96. The van der Waals surface area contributed by atoms with E-state index in [4.69, 9.17) is 8.83 Å². The molecule has 0 radical (unpaired) electrons. The zero-order chi connectivity index (χ0) is 15.4. The minimum absolute atomic E-state index is 0.116. The van der Waals surface area contributed by atoms with E-state index in [-0.39, 0.29) is 23.1 Å². The number of nitrogens with zero attached hydrogens (tertiary/aromatic N) is 2. The van der Waals surface area contributed by atoms with Gasteiger partial charge in [-0.1, -0.05) is 12.1 Å². The van der Waals surface area contributed by atoms with Crippen LogP contribution in [0, 0.1) is 5.82 Å². The number of carbonyl (C=O) groups excluding carboxylic acids is 1. The number of benzene rings is 1. The quantitative estimate of drug-likeness (QED) is 0.782. The molecular formula is C15H12FN3O3. The van der Waals surface area contributed by atoms with Crippen LogP contribution in [0.25, 0.3) is 11.5 Å². The van der Waals surface area contributed by atoms with Crippen molar-refractivity contribution in [1.82, 2.24) is 15.5 Å². The smallest absolute Gasteiger partial charge is 0.286 e. The van der Waals surface area contributed by atoms with Crippen molar-refractivity contribution in [2.75, 3.05) is 6.54 Å². The fraction of sp³-hybridized carbons (Fsp3) is 0.133. The van der Waals surface area contributed by atoms with Gasteiger partial charge in [-0.15, -0.1) is 10.2 Å². The zero-order valence-electron chi connectivity index (χ0n) is 11.5. The Morgan fingerprint density at radius 2 is 2.05 bits per heavy atom. The standard InChI is InChI=1S/C15H12FN3O3/c16-11-5-2-1-4-10(11)15-19-18-13(22-15)7-8-17-14(20)12-6-3-9-21-12/h1-6,9H,7-8H2,(H,17,20). The summed E-state index contributed by atoms with van der Waals surface area (Å²) in [7, 11) is 0. The van der Waals surface area contributed by atoms with Crippen molar-refractivity contribution in [3.63, 3.8) is 0 Å². The molecule has 0 aliphatic heterocycles. The van der Waals surface area contributed by atoms with Crippen molar-refractivity contribution in [3.05, 3.63) is 60.1 Å². The van der Waals surface area contributed by atoms with Crippen LogP contribution < -0.4 is 5.32 Å². The molecule has 0 aliphatic carbocycles. The summed E-state index contributed by atoms with van der Waals surface area (Å²) in [5.41, 5.74) is 0.251. The van der Waals surface area contributed by atoms with Crippen molar-refractivity contribution < 1.29 is 18.0 Å². The summed E-state index contributed by atoms with van der Waals surface area (Å²) >= 11 is 0. The first kappa shape index (κ1) is 14.0. The SMILES string of the molecule is O=C(NCCc1nnc(-c2ccccc2F)o1)c1ccco1. The monoisotopic (exact) mass is 301 g/mol. The Morgan fingerprint density at radius 1 is 1.18 bits per heavy atom. The molecule has 112 valence electrons. The molecule has 0 aliphatic rings. The molecule has 0 saturated carbocycles. The van der Waals surface area contributed by atoms with Gasteiger partial charge in [-0.05, 0) is 24.3 Å². The summed E-state index contributed by atoms with van der Waals surface area (Å²) < 4.78 is 24.0. The maximum absolute atomic E-state index is 13.6. The summed E-state index contributed by atoms with van der Waals surface area (Å²) in [6, 6.07) is 9.35. The fourth-order valence-corrected chi connectivity index (χ4v) is 1.88. The third kappa shape index (κ3) is 3.03. The van der Waals surface area contributed by atoms with Crippen LogP contribution in [0.3, 0.4) is 0 Å². The summed E-state index contributed by atoms with van der Waals surface area (Å²) in [5, 5.41) is 10.3. The number of halogens is 1. The van der Waals surface area contributed by atoms with E-state index >= 15 is 0 Å². The molecule has 3 aromatic rings. The first-order valence-corrected chi connectivity index (χ1v) is 6.63. The van der Waals surface area contributed by atoms with E-state index in [0.29, 0.717) is 18.9 Å². The van der Waals surface area contributed by atoms with Gasteiger partial charge in [-0.3, -0.25) is 4.79 Å². The van der Waals surface area contributed by atoms with Crippen LogP contribution in [0.15, 0.2) is 51.5 Å². The average Bonchev–Trinajstić information content (AvgIpc) is 3.19. The topological polar surface area (TPSA) is 81.2 Å². The number of hydrogen-bond donors (Lipinski definition) is 1. The lowest BCUT2D eigenvalue weighted by Gasteiger charge is -2.00. The van der Waals surface area contributed by atoms with E-state index in [1.165, 1.54) is 12.3 Å². The second-order valence-electron chi connectivity index (χ2n) is 4.46. The molecule has 1 amide bonds. The summed E-state index contributed by atoms with van der Waals surface area (Å²) in [6.07, 6.45) is 1.77. The molecular weight excluding hydrogens is 289 g/mol. The highest BCUT2D eigenvalue weighted by atomic mass is 19.1. The largest absolute Gasteiger partial charge is 0.459 e. The molecule has 0 atom stereocenters. The van der Waals surface area contributed by atoms with Gasteiger partial charge in [0.15, 0.2) is 5.76 Å². The molecule has 0 bridgehead atoms. The van der Waals surface area contributed by atoms with E-state index < -0.39 is 5.82 Å². The molecule has 6 nitrogen and oxygen atoms in total. The zero-order valence-corrected chi connectivity index (χ0v) is 11.5. The molecule has 0 spiro atoms. The van der Waals surface area contributed by atoms with E-state index in [1.807, 2.05) is 0 Å². The first-order chi connectivity index (χ1) is 10.7. The minimum Gasteiger partial charge on any atom is -0.459 e. The number of amides is 1.